The first-order valence-electron chi connectivity index (χ1n) is 17.4. The molecule has 0 radical (unpaired) electrons. The maximum Gasteiger partial charge on any atom is 0.0344 e. The lowest BCUT2D eigenvalue weighted by Gasteiger charge is -2.55. The molecule has 2 saturated carbocycles. The summed E-state index contributed by atoms with van der Waals surface area (Å²) in [6.07, 6.45) is 31.1. The largest absolute Gasteiger partial charge is 0.330 e. The molecule has 37 heavy (non-hydrogen) atoms. The van der Waals surface area contributed by atoms with Gasteiger partial charge in [0.05, 0.1) is 0 Å². The zero-order valence-electron chi connectivity index (χ0n) is 26.2. The summed E-state index contributed by atoms with van der Waals surface area (Å²) in [4.78, 5) is 0. The Kier molecular flexibility index (Phi) is 12.8. The van der Waals surface area contributed by atoms with E-state index in [-0.39, 0.29) is 5.41 Å². The summed E-state index contributed by atoms with van der Waals surface area (Å²) in [7, 11) is 0. The van der Waals surface area contributed by atoms with Crippen molar-refractivity contribution >= 4 is 0 Å². The first-order chi connectivity index (χ1) is 17.9. The van der Waals surface area contributed by atoms with E-state index in [2.05, 4.69) is 39.9 Å². The van der Waals surface area contributed by atoms with Crippen molar-refractivity contribution in [3.05, 3.63) is 0 Å². The molecule has 2 nitrogen and oxygen atoms in total. The van der Waals surface area contributed by atoms with Crippen LogP contribution in [-0.2, 0) is 0 Å². The quantitative estimate of drug-likeness (QED) is 0.125. The van der Waals surface area contributed by atoms with Gasteiger partial charge in [0.1, 0.15) is 0 Å². The minimum absolute atomic E-state index is 0.283. The number of unbranched alkanes of at least 4 members (excludes halogenated alkanes) is 7. The van der Waals surface area contributed by atoms with Gasteiger partial charge in [-0.15, -0.1) is 0 Å². The Morgan fingerprint density at radius 3 is 2.05 bits per heavy atom. The van der Waals surface area contributed by atoms with Crippen molar-refractivity contribution in [2.45, 2.75) is 187 Å². The lowest BCUT2D eigenvalue weighted by Crippen LogP contribution is -2.52. The summed E-state index contributed by atoms with van der Waals surface area (Å²) >= 11 is 0. The summed E-state index contributed by atoms with van der Waals surface area (Å²) < 4.78 is 0. The molecule has 1 aliphatic heterocycles. The maximum absolute atomic E-state index is 6.99. The van der Waals surface area contributed by atoms with Gasteiger partial charge in [-0.05, 0) is 80.1 Å². The second-order valence-corrected chi connectivity index (χ2v) is 14.5. The molecule has 7 atom stereocenters. The molecule has 218 valence electrons. The highest BCUT2D eigenvalue weighted by molar-refractivity contribution is 5.21. The number of piperidine rings is 1. The van der Waals surface area contributed by atoms with Crippen molar-refractivity contribution < 1.29 is 0 Å². The molecule has 1 heterocycles. The highest BCUT2D eigenvalue weighted by Gasteiger charge is 2.62. The Hall–Kier alpha value is -0.0800. The van der Waals surface area contributed by atoms with E-state index in [0.29, 0.717) is 11.0 Å². The SMILES string of the molecule is CCCCCCCCCCC(CN)(CC12CCCC1N2)C(C)(CCC)C(C)CC1CCCCC1CCC. The number of hydrogen-bond donors (Lipinski definition) is 2. The maximum atomic E-state index is 6.99. The Bertz CT molecular complexity index is 631. The van der Waals surface area contributed by atoms with Crippen LogP contribution in [0.15, 0.2) is 0 Å². The third kappa shape index (κ3) is 7.77. The van der Waals surface area contributed by atoms with Gasteiger partial charge >= 0.3 is 0 Å². The lowest BCUT2D eigenvalue weighted by atomic mass is 9.50. The minimum atomic E-state index is 0.283. The summed E-state index contributed by atoms with van der Waals surface area (Å²) in [5.74, 6) is 2.70. The Balaban J connectivity index is 1.74. The number of rotatable bonds is 20. The second kappa shape index (κ2) is 15.1. The molecule has 3 rings (SSSR count). The van der Waals surface area contributed by atoms with Crippen LogP contribution >= 0.6 is 0 Å². The lowest BCUT2D eigenvalue weighted by molar-refractivity contribution is -0.0418. The van der Waals surface area contributed by atoms with Gasteiger partial charge in [-0.25, -0.2) is 0 Å². The van der Waals surface area contributed by atoms with E-state index in [0.717, 1.165) is 30.3 Å². The van der Waals surface area contributed by atoms with Gasteiger partial charge < -0.3 is 11.1 Å². The van der Waals surface area contributed by atoms with Crippen LogP contribution in [0.25, 0.3) is 0 Å². The third-order valence-corrected chi connectivity index (χ3v) is 12.2. The van der Waals surface area contributed by atoms with Crippen LogP contribution in [0.5, 0.6) is 0 Å². The summed E-state index contributed by atoms with van der Waals surface area (Å²) in [5, 5.41) is 4.00. The van der Waals surface area contributed by atoms with Crippen LogP contribution in [0.2, 0.25) is 0 Å². The average molecular weight is 517 g/mol. The number of nitrogens with two attached hydrogens (primary N) is 1. The Labute approximate surface area is 233 Å². The number of fused-ring (bicyclic) bond motifs is 1. The molecule has 0 amide bonds. The fourth-order valence-corrected chi connectivity index (χ4v) is 9.58. The molecule has 3 fully saturated rings. The van der Waals surface area contributed by atoms with Crippen LogP contribution in [0.3, 0.4) is 0 Å². The standard InChI is InChI=1S/C35H68N2/c1-6-9-10-11-12-13-14-17-24-34(28-36,27-35-25-18-22-32(35)37-35)33(5,23-8-3)29(4)26-31-21-16-15-20-30(31)19-7-2/h29-32,37H,6-28,36H2,1-5H3. The van der Waals surface area contributed by atoms with Crippen LogP contribution in [0.1, 0.15) is 176 Å². The van der Waals surface area contributed by atoms with Crippen LogP contribution in [0.4, 0.5) is 0 Å². The molecule has 2 aliphatic carbocycles. The Morgan fingerprint density at radius 1 is 0.811 bits per heavy atom. The topological polar surface area (TPSA) is 48.0 Å². The van der Waals surface area contributed by atoms with Crippen molar-refractivity contribution in [1.29, 1.82) is 0 Å². The van der Waals surface area contributed by atoms with Crippen LogP contribution < -0.4 is 11.1 Å². The first-order valence-corrected chi connectivity index (χ1v) is 17.4. The highest BCUT2D eigenvalue weighted by atomic mass is 15.2. The molecular formula is C35H68N2. The predicted octanol–water partition coefficient (Wildman–Crippen LogP) is 10.2. The van der Waals surface area contributed by atoms with E-state index < -0.39 is 0 Å². The van der Waals surface area contributed by atoms with Crippen molar-refractivity contribution in [3.63, 3.8) is 0 Å². The van der Waals surface area contributed by atoms with E-state index in [1.807, 2.05) is 0 Å². The van der Waals surface area contributed by atoms with Crippen LogP contribution in [-0.4, -0.2) is 18.1 Å². The summed E-state index contributed by atoms with van der Waals surface area (Å²) in [6.45, 7) is 13.4. The van der Waals surface area contributed by atoms with E-state index in [1.165, 1.54) is 141 Å². The number of hydrogen-bond acceptors (Lipinski definition) is 2. The molecule has 3 aliphatic rings. The molecular weight excluding hydrogens is 448 g/mol. The molecule has 7 unspecified atom stereocenters. The van der Waals surface area contributed by atoms with Gasteiger partial charge in [0.25, 0.3) is 0 Å². The van der Waals surface area contributed by atoms with Gasteiger partial charge in [0.15, 0.2) is 0 Å². The van der Waals surface area contributed by atoms with E-state index in [9.17, 15) is 0 Å². The van der Waals surface area contributed by atoms with Gasteiger partial charge in [-0.1, -0.05) is 131 Å². The van der Waals surface area contributed by atoms with E-state index in [1.54, 1.807) is 0 Å². The molecule has 1 saturated heterocycles. The molecule has 0 aromatic heterocycles. The summed E-state index contributed by atoms with van der Waals surface area (Å²) in [5.41, 5.74) is 8.06. The summed E-state index contributed by atoms with van der Waals surface area (Å²) in [6, 6.07) is 0.797. The second-order valence-electron chi connectivity index (χ2n) is 14.5. The molecule has 0 aromatic rings. The zero-order valence-corrected chi connectivity index (χ0v) is 26.2. The van der Waals surface area contributed by atoms with Crippen molar-refractivity contribution in [2.75, 3.05) is 6.54 Å². The van der Waals surface area contributed by atoms with Gasteiger partial charge in [0, 0.05) is 11.6 Å². The van der Waals surface area contributed by atoms with Crippen molar-refractivity contribution in [2.24, 2.45) is 34.3 Å². The monoisotopic (exact) mass is 517 g/mol. The molecule has 2 heteroatoms. The molecule has 3 N–H and O–H groups in total. The minimum Gasteiger partial charge on any atom is -0.330 e. The predicted molar refractivity (Wildman–Crippen MR) is 164 cm³/mol. The van der Waals surface area contributed by atoms with Gasteiger partial charge in [0.2, 0.25) is 0 Å². The van der Waals surface area contributed by atoms with Crippen molar-refractivity contribution in [3.8, 4) is 0 Å². The average Bonchev–Trinajstić information content (AvgIpc) is 3.43. The van der Waals surface area contributed by atoms with Gasteiger partial charge in [-0.3, -0.25) is 0 Å². The van der Waals surface area contributed by atoms with Gasteiger partial charge in [-0.2, -0.15) is 0 Å². The highest BCUT2D eigenvalue weighted by Crippen LogP contribution is 2.60. The number of nitrogens with one attached hydrogen (secondary N) is 1. The molecule has 0 spiro atoms. The van der Waals surface area contributed by atoms with E-state index in [4.69, 9.17) is 5.73 Å². The van der Waals surface area contributed by atoms with Crippen molar-refractivity contribution in [1.82, 2.24) is 5.32 Å². The Morgan fingerprint density at radius 2 is 1.49 bits per heavy atom. The fourth-order valence-electron chi connectivity index (χ4n) is 9.58. The smallest absolute Gasteiger partial charge is 0.0344 e. The first kappa shape index (κ1) is 31.4. The zero-order chi connectivity index (χ0) is 26.8. The fraction of sp³-hybridized carbons (Fsp3) is 1.00. The molecule has 0 bridgehead atoms. The van der Waals surface area contributed by atoms with Crippen LogP contribution in [0, 0.1) is 28.6 Å². The molecule has 0 aromatic carbocycles. The third-order valence-electron chi connectivity index (χ3n) is 12.2. The normalized spacial score (nSPS) is 31.5. The van der Waals surface area contributed by atoms with E-state index >= 15 is 0 Å².